The maximum absolute atomic E-state index is 13.7. The fourth-order valence-electron chi connectivity index (χ4n) is 4.43. The number of halogens is 4. The molecule has 0 saturated heterocycles. The molecule has 2 aliphatic rings. The standard InChI is InChI=1S/C25H26F4N6O2/c1-15(32-24(37)34-21(10-11-31-34)17-4-3-5-19(26)13-17)12-20-14-22(35(33-20)23(36)30-2)16-6-8-18(9-7-16)25(27,28)29/h3-9,11,13,15,21-22H,10,12,14H2,1-2H3,(H,30,36)(H,32,37). The van der Waals surface area contributed by atoms with E-state index in [1.807, 2.05) is 0 Å². The van der Waals surface area contributed by atoms with Crippen molar-refractivity contribution in [3.8, 4) is 0 Å². The zero-order chi connectivity index (χ0) is 26.7. The van der Waals surface area contributed by atoms with Crippen LogP contribution >= 0.6 is 0 Å². The van der Waals surface area contributed by atoms with Gasteiger partial charge in [0.1, 0.15) is 5.82 Å². The molecule has 4 amide bonds. The average Bonchev–Trinajstić information content (AvgIpc) is 3.51. The van der Waals surface area contributed by atoms with Gasteiger partial charge in [0, 0.05) is 44.3 Å². The van der Waals surface area contributed by atoms with Crippen LogP contribution in [-0.4, -0.2) is 47.1 Å². The number of hydrogen-bond acceptors (Lipinski definition) is 4. The Balaban J connectivity index is 1.42. The van der Waals surface area contributed by atoms with Gasteiger partial charge in [-0.2, -0.15) is 23.4 Å². The highest BCUT2D eigenvalue weighted by molar-refractivity contribution is 5.90. The Hall–Kier alpha value is -3.96. The molecule has 0 saturated carbocycles. The number of carbonyl (C=O) groups excluding carboxylic acids is 2. The van der Waals surface area contributed by atoms with Crippen molar-refractivity contribution in [3.05, 3.63) is 71.0 Å². The zero-order valence-corrected chi connectivity index (χ0v) is 20.2. The first-order chi connectivity index (χ1) is 17.6. The highest BCUT2D eigenvalue weighted by atomic mass is 19.4. The van der Waals surface area contributed by atoms with Gasteiger partial charge < -0.3 is 10.6 Å². The molecule has 2 N–H and O–H groups in total. The minimum Gasteiger partial charge on any atom is -0.340 e. The minimum atomic E-state index is -4.46. The number of nitrogens with zero attached hydrogens (tertiary/aromatic N) is 4. The normalized spacial score (nSPS) is 20.1. The lowest BCUT2D eigenvalue weighted by Crippen LogP contribution is -2.42. The van der Waals surface area contributed by atoms with Crippen LogP contribution in [0.25, 0.3) is 0 Å². The van der Waals surface area contributed by atoms with Crippen LogP contribution in [-0.2, 0) is 6.18 Å². The van der Waals surface area contributed by atoms with Crippen LogP contribution in [0.15, 0.2) is 58.7 Å². The van der Waals surface area contributed by atoms with Gasteiger partial charge in [0.15, 0.2) is 0 Å². The van der Waals surface area contributed by atoms with Crippen molar-refractivity contribution in [1.29, 1.82) is 0 Å². The van der Waals surface area contributed by atoms with Gasteiger partial charge >= 0.3 is 18.2 Å². The van der Waals surface area contributed by atoms with Gasteiger partial charge in [0.05, 0.1) is 17.6 Å². The van der Waals surface area contributed by atoms with Crippen LogP contribution in [0, 0.1) is 5.82 Å². The molecule has 0 bridgehead atoms. The van der Waals surface area contributed by atoms with Crippen molar-refractivity contribution in [2.75, 3.05) is 7.05 Å². The smallest absolute Gasteiger partial charge is 0.340 e. The largest absolute Gasteiger partial charge is 0.416 e. The van der Waals surface area contributed by atoms with E-state index in [1.165, 1.54) is 41.3 Å². The lowest BCUT2D eigenvalue weighted by Gasteiger charge is -2.24. The van der Waals surface area contributed by atoms with E-state index in [2.05, 4.69) is 20.8 Å². The zero-order valence-electron chi connectivity index (χ0n) is 20.2. The molecule has 0 spiro atoms. The summed E-state index contributed by atoms with van der Waals surface area (Å²) in [7, 11) is 1.44. The summed E-state index contributed by atoms with van der Waals surface area (Å²) in [5.74, 6) is -0.402. The van der Waals surface area contributed by atoms with Gasteiger partial charge in [-0.05, 0) is 42.3 Å². The molecule has 8 nitrogen and oxygen atoms in total. The van der Waals surface area contributed by atoms with E-state index in [4.69, 9.17) is 0 Å². The molecular weight excluding hydrogens is 492 g/mol. The molecule has 37 heavy (non-hydrogen) atoms. The molecule has 3 unspecified atom stereocenters. The van der Waals surface area contributed by atoms with Gasteiger partial charge in [-0.3, -0.25) is 0 Å². The Labute approximate surface area is 211 Å². The molecule has 0 fully saturated rings. The molecule has 2 aromatic rings. The van der Waals surface area contributed by atoms with Crippen LogP contribution in [0.2, 0.25) is 0 Å². The van der Waals surface area contributed by atoms with E-state index in [0.29, 0.717) is 36.1 Å². The number of alkyl halides is 3. The summed E-state index contributed by atoms with van der Waals surface area (Å²) >= 11 is 0. The highest BCUT2D eigenvalue weighted by Gasteiger charge is 2.35. The predicted molar refractivity (Wildman–Crippen MR) is 129 cm³/mol. The van der Waals surface area contributed by atoms with Crippen LogP contribution in [0.3, 0.4) is 0 Å². The minimum absolute atomic E-state index is 0.298. The third-order valence-electron chi connectivity index (χ3n) is 6.20. The molecular formula is C25H26F4N6O2. The van der Waals surface area contributed by atoms with E-state index < -0.39 is 47.7 Å². The van der Waals surface area contributed by atoms with Gasteiger partial charge in [-0.1, -0.05) is 24.3 Å². The molecule has 0 radical (unpaired) electrons. The molecule has 12 heteroatoms. The second-order valence-corrected chi connectivity index (χ2v) is 8.91. The Bertz CT molecular complexity index is 1210. The molecule has 3 atom stereocenters. The number of amides is 4. The van der Waals surface area contributed by atoms with Crippen LogP contribution in [0.1, 0.15) is 55.0 Å². The van der Waals surface area contributed by atoms with Crippen molar-refractivity contribution >= 4 is 24.0 Å². The van der Waals surface area contributed by atoms with Gasteiger partial charge in [-0.15, -0.1) is 0 Å². The first-order valence-electron chi connectivity index (χ1n) is 11.7. The van der Waals surface area contributed by atoms with Gasteiger partial charge in [0.2, 0.25) is 0 Å². The van der Waals surface area contributed by atoms with Crippen LogP contribution in [0.5, 0.6) is 0 Å². The maximum atomic E-state index is 13.7. The Kier molecular flexibility index (Phi) is 7.46. The second kappa shape index (κ2) is 10.6. The number of nitrogens with one attached hydrogen (secondary N) is 2. The lowest BCUT2D eigenvalue weighted by atomic mass is 9.98. The summed E-state index contributed by atoms with van der Waals surface area (Å²) in [4.78, 5) is 25.3. The third-order valence-corrected chi connectivity index (χ3v) is 6.20. The second-order valence-electron chi connectivity index (χ2n) is 8.91. The van der Waals surface area contributed by atoms with E-state index in [-0.39, 0.29) is 0 Å². The van der Waals surface area contributed by atoms with Crippen LogP contribution < -0.4 is 10.6 Å². The van der Waals surface area contributed by atoms with Crippen molar-refractivity contribution in [3.63, 3.8) is 0 Å². The summed E-state index contributed by atoms with van der Waals surface area (Å²) in [6.45, 7) is 1.77. The van der Waals surface area contributed by atoms with E-state index in [1.54, 1.807) is 25.3 Å². The van der Waals surface area contributed by atoms with Gasteiger partial charge in [-0.25, -0.2) is 24.0 Å². The number of urea groups is 2. The summed E-state index contributed by atoms with van der Waals surface area (Å²) in [6, 6.07) is 8.26. The number of benzene rings is 2. The Morgan fingerprint density at radius 3 is 2.43 bits per heavy atom. The average molecular weight is 519 g/mol. The molecule has 196 valence electrons. The van der Waals surface area contributed by atoms with Crippen molar-refractivity contribution in [1.82, 2.24) is 20.7 Å². The SMILES string of the molecule is CNC(=O)N1N=C(CC(C)NC(=O)N2N=CCC2c2cccc(F)c2)CC1c1ccc(C(F)(F)F)cc1. The molecule has 2 aliphatic heterocycles. The number of hydrazone groups is 2. The molecule has 0 aliphatic carbocycles. The van der Waals surface area contributed by atoms with Gasteiger partial charge in [0.25, 0.3) is 0 Å². The molecule has 0 aromatic heterocycles. The first-order valence-corrected chi connectivity index (χ1v) is 11.7. The Morgan fingerprint density at radius 2 is 1.78 bits per heavy atom. The predicted octanol–water partition coefficient (Wildman–Crippen LogP) is 5.21. The number of hydrogen-bond donors (Lipinski definition) is 2. The third kappa shape index (κ3) is 5.89. The monoisotopic (exact) mass is 518 g/mol. The fraction of sp³-hybridized carbons (Fsp3) is 0.360. The molecule has 2 aromatic carbocycles. The van der Waals surface area contributed by atoms with Crippen molar-refractivity contribution < 1.29 is 27.2 Å². The number of rotatable bonds is 5. The van der Waals surface area contributed by atoms with Crippen molar-refractivity contribution in [2.45, 2.75) is 50.5 Å². The first kappa shape index (κ1) is 26.1. The van der Waals surface area contributed by atoms with Crippen LogP contribution in [0.4, 0.5) is 27.2 Å². The topological polar surface area (TPSA) is 89.4 Å². The summed E-state index contributed by atoms with van der Waals surface area (Å²) in [5, 5.41) is 16.3. The maximum Gasteiger partial charge on any atom is 0.416 e. The van der Waals surface area contributed by atoms with E-state index >= 15 is 0 Å². The van der Waals surface area contributed by atoms with E-state index in [9.17, 15) is 27.2 Å². The highest BCUT2D eigenvalue weighted by Crippen LogP contribution is 2.35. The fourth-order valence-corrected chi connectivity index (χ4v) is 4.43. The summed E-state index contributed by atoms with van der Waals surface area (Å²) in [5.41, 5.74) is 0.963. The molecule has 2 heterocycles. The number of carbonyl (C=O) groups is 2. The van der Waals surface area contributed by atoms with Crippen molar-refractivity contribution in [2.24, 2.45) is 10.2 Å². The Morgan fingerprint density at radius 1 is 1.05 bits per heavy atom. The van der Waals surface area contributed by atoms with E-state index in [0.717, 1.165) is 12.1 Å². The summed E-state index contributed by atoms with van der Waals surface area (Å²) < 4.78 is 52.5. The quantitative estimate of drug-likeness (QED) is 0.533. The molecule has 4 rings (SSSR count). The lowest BCUT2D eigenvalue weighted by molar-refractivity contribution is -0.137. The summed E-state index contributed by atoms with van der Waals surface area (Å²) in [6.07, 6.45) is -1.81.